The normalized spacial score (nSPS) is 12.3. The maximum atomic E-state index is 12.6. The SMILES string of the molecule is COC(=O)C(=O)N(Cc1ccc(C(F)(F)F)cn1)C(C)c1ccccn1. The molecule has 0 saturated heterocycles. The van der Waals surface area contributed by atoms with Gasteiger partial charge in [0.1, 0.15) is 0 Å². The second-order valence-corrected chi connectivity index (χ2v) is 5.39. The van der Waals surface area contributed by atoms with Gasteiger partial charge in [-0.3, -0.25) is 14.8 Å². The highest BCUT2D eigenvalue weighted by molar-refractivity contribution is 6.32. The number of carbonyl (C=O) groups excluding carboxylic acids is 2. The van der Waals surface area contributed by atoms with Crippen molar-refractivity contribution in [2.45, 2.75) is 25.7 Å². The van der Waals surface area contributed by atoms with Crippen LogP contribution in [0.2, 0.25) is 0 Å². The van der Waals surface area contributed by atoms with E-state index in [-0.39, 0.29) is 12.2 Å². The standard InChI is InChI=1S/C17H16F3N3O3/c1-11(14-5-3-4-8-21-14)23(15(24)16(25)26-2)10-13-7-6-12(9-22-13)17(18,19)20/h3-9,11H,10H2,1-2H3. The Bertz CT molecular complexity index is 764. The van der Waals surface area contributed by atoms with Crippen molar-refractivity contribution >= 4 is 11.9 Å². The Labute approximate surface area is 147 Å². The first kappa shape index (κ1) is 19.4. The van der Waals surface area contributed by atoms with E-state index in [1.165, 1.54) is 6.20 Å². The van der Waals surface area contributed by atoms with E-state index >= 15 is 0 Å². The molecule has 2 heterocycles. The molecule has 0 bridgehead atoms. The summed E-state index contributed by atoms with van der Waals surface area (Å²) in [6, 6.07) is 6.49. The zero-order valence-corrected chi connectivity index (χ0v) is 14.0. The van der Waals surface area contributed by atoms with Crippen LogP contribution in [0.25, 0.3) is 0 Å². The van der Waals surface area contributed by atoms with E-state index in [4.69, 9.17) is 0 Å². The summed E-state index contributed by atoms with van der Waals surface area (Å²) >= 11 is 0. The second kappa shape index (κ2) is 7.94. The molecule has 0 aromatic carbocycles. The summed E-state index contributed by atoms with van der Waals surface area (Å²) in [6.07, 6.45) is -2.29. The van der Waals surface area contributed by atoms with Crippen LogP contribution in [0.1, 0.15) is 29.9 Å². The maximum absolute atomic E-state index is 12.6. The molecular formula is C17H16F3N3O3. The number of aromatic nitrogens is 2. The van der Waals surface area contributed by atoms with E-state index in [1.807, 2.05) is 0 Å². The summed E-state index contributed by atoms with van der Waals surface area (Å²) in [5.41, 5.74) is -0.195. The first-order valence-corrected chi connectivity index (χ1v) is 7.56. The summed E-state index contributed by atoms with van der Waals surface area (Å²) < 4.78 is 42.4. The van der Waals surface area contributed by atoms with Crippen LogP contribution >= 0.6 is 0 Å². The van der Waals surface area contributed by atoms with Gasteiger partial charge in [-0.1, -0.05) is 6.07 Å². The first-order valence-electron chi connectivity index (χ1n) is 7.56. The number of hydrogen-bond acceptors (Lipinski definition) is 5. The van der Waals surface area contributed by atoms with Crippen LogP contribution in [0.5, 0.6) is 0 Å². The van der Waals surface area contributed by atoms with Crippen molar-refractivity contribution in [2.75, 3.05) is 7.11 Å². The van der Waals surface area contributed by atoms with Crippen molar-refractivity contribution in [1.82, 2.24) is 14.9 Å². The summed E-state index contributed by atoms with van der Waals surface area (Å²) in [7, 11) is 1.07. The molecule has 2 aromatic heterocycles. The third-order valence-corrected chi connectivity index (χ3v) is 3.69. The molecule has 0 aliphatic carbocycles. The highest BCUT2D eigenvalue weighted by Gasteiger charge is 2.32. The van der Waals surface area contributed by atoms with E-state index in [0.29, 0.717) is 11.9 Å². The molecular weight excluding hydrogens is 351 g/mol. The predicted molar refractivity (Wildman–Crippen MR) is 84.5 cm³/mol. The van der Waals surface area contributed by atoms with E-state index in [1.54, 1.807) is 25.1 Å². The molecule has 2 rings (SSSR count). The Morgan fingerprint density at radius 3 is 2.42 bits per heavy atom. The minimum absolute atomic E-state index is 0.177. The van der Waals surface area contributed by atoms with Gasteiger partial charge in [0.15, 0.2) is 0 Å². The van der Waals surface area contributed by atoms with Crippen LogP contribution in [0.3, 0.4) is 0 Å². The van der Waals surface area contributed by atoms with E-state index in [0.717, 1.165) is 24.1 Å². The molecule has 0 fully saturated rings. The van der Waals surface area contributed by atoms with Gasteiger partial charge in [0.2, 0.25) is 0 Å². The van der Waals surface area contributed by atoms with Crippen molar-refractivity contribution in [1.29, 1.82) is 0 Å². The Kier molecular flexibility index (Phi) is 5.91. The second-order valence-electron chi connectivity index (χ2n) is 5.39. The Balaban J connectivity index is 2.29. The molecule has 1 unspecified atom stereocenters. The van der Waals surface area contributed by atoms with Gasteiger partial charge in [-0.15, -0.1) is 0 Å². The van der Waals surface area contributed by atoms with Crippen molar-refractivity contribution in [3.8, 4) is 0 Å². The highest BCUT2D eigenvalue weighted by atomic mass is 19.4. The maximum Gasteiger partial charge on any atom is 0.417 e. The number of amides is 1. The van der Waals surface area contributed by atoms with Crippen molar-refractivity contribution in [3.63, 3.8) is 0 Å². The number of rotatable bonds is 4. The van der Waals surface area contributed by atoms with Crippen LogP contribution in [-0.2, 0) is 27.0 Å². The fourth-order valence-electron chi connectivity index (χ4n) is 2.23. The number of methoxy groups -OCH3 is 1. The Hall–Kier alpha value is -2.97. The zero-order valence-electron chi connectivity index (χ0n) is 14.0. The molecule has 2 aromatic rings. The number of alkyl halides is 3. The third kappa shape index (κ3) is 4.56. The molecule has 26 heavy (non-hydrogen) atoms. The van der Waals surface area contributed by atoms with Gasteiger partial charge < -0.3 is 9.64 Å². The molecule has 0 aliphatic heterocycles. The van der Waals surface area contributed by atoms with E-state index in [2.05, 4.69) is 14.7 Å². The number of nitrogens with zero attached hydrogens (tertiary/aromatic N) is 3. The minimum atomic E-state index is -4.51. The molecule has 0 N–H and O–H groups in total. The van der Waals surface area contributed by atoms with Crippen molar-refractivity contribution in [2.24, 2.45) is 0 Å². The molecule has 138 valence electrons. The Morgan fingerprint density at radius 1 is 1.19 bits per heavy atom. The largest absolute Gasteiger partial charge is 0.462 e. The van der Waals surface area contributed by atoms with Crippen molar-refractivity contribution < 1.29 is 27.5 Å². The number of halogens is 3. The van der Waals surface area contributed by atoms with Crippen LogP contribution in [0.15, 0.2) is 42.7 Å². The number of esters is 1. The third-order valence-electron chi connectivity index (χ3n) is 3.69. The fraction of sp³-hybridized carbons (Fsp3) is 0.294. The molecule has 6 nitrogen and oxygen atoms in total. The highest BCUT2D eigenvalue weighted by Crippen LogP contribution is 2.29. The summed E-state index contributed by atoms with van der Waals surface area (Å²) in [5.74, 6) is -2.02. The van der Waals surface area contributed by atoms with Crippen LogP contribution in [0, 0.1) is 0 Å². The average Bonchev–Trinajstić information content (AvgIpc) is 2.64. The van der Waals surface area contributed by atoms with Crippen LogP contribution < -0.4 is 0 Å². The van der Waals surface area contributed by atoms with Gasteiger partial charge >= 0.3 is 18.1 Å². The lowest BCUT2D eigenvalue weighted by molar-refractivity contribution is -0.159. The molecule has 0 radical (unpaired) electrons. The minimum Gasteiger partial charge on any atom is -0.462 e. The number of pyridine rings is 2. The number of ether oxygens (including phenoxy) is 1. The van der Waals surface area contributed by atoms with Crippen LogP contribution in [0.4, 0.5) is 13.2 Å². The van der Waals surface area contributed by atoms with Gasteiger partial charge in [-0.25, -0.2) is 4.79 Å². The average molecular weight is 367 g/mol. The van der Waals surface area contributed by atoms with Gasteiger partial charge in [0.25, 0.3) is 0 Å². The first-order chi connectivity index (χ1) is 12.2. The summed E-state index contributed by atoms with van der Waals surface area (Å²) in [5, 5.41) is 0. The molecule has 9 heteroatoms. The summed E-state index contributed by atoms with van der Waals surface area (Å²) in [4.78, 5) is 33.0. The molecule has 0 aliphatic rings. The molecule has 1 atom stereocenters. The smallest absolute Gasteiger partial charge is 0.417 e. The zero-order chi connectivity index (χ0) is 19.3. The summed E-state index contributed by atoms with van der Waals surface area (Å²) in [6.45, 7) is 1.47. The lowest BCUT2D eigenvalue weighted by Crippen LogP contribution is -2.39. The monoisotopic (exact) mass is 367 g/mol. The predicted octanol–water partition coefficient (Wildman–Crippen LogP) is 2.76. The van der Waals surface area contributed by atoms with Gasteiger partial charge in [0.05, 0.1) is 36.6 Å². The molecule has 1 amide bonds. The lowest BCUT2D eigenvalue weighted by Gasteiger charge is -2.27. The van der Waals surface area contributed by atoms with E-state index < -0.39 is 29.7 Å². The molecule has 0 spiro atoms. The fourth-order valence-corrected chi connectivity index (χ4v) is 2.23. The van der Waals surface area contributed by atoms with Gasteiger partial charge in [-0.05, 0) is 31.2 Å². The van der Waals surface area contributed by atoms with Gasteiger partial charge in [0, 0.05) is 12.4 Å². The number of hydrogen-bond donors (Lipinski definition) is 0. The lowest BCUT2D eigenvalue weighted by atomic mass is 10.1. The molecule has 0 saturated carbocycles. The van der Waals surface area contributed by atoms with Crippen LogP contribution in [-0.4, -0.2) is 33.9 Å². The topological polar surface area (TPSA) is 72.4 Å². The Morgan fingerprint density at radius 2 is 1.92 bits per heavy atom. The van der Waals surface area contributed by atoms with E-state index in [9.17, 15) is 22.8 Å². The van der Waals surface area contributed by atoms with Gasteiger partial charge in [-0.2, -0.15) is 13.2 Å². The number of carbonyl (C=O) groups is 2. The van der Waals surface area contributed by atoms with Crippen molar-refractivity contribution in [3.05, 3.63) is 59.7 Å². The quantitative estimate of drug-likeness (QED) is 0.614.